The van der Waals surface area contributed by atoms with Crippen LogP contribution in [-0.4, -0.2) is 9.59 Å². The van der Waals surface area contributed by atoms with Crippen LogP contribution in [0.5, 0.6) is 0 Å². The Bertz CT molecular complexity index is 197. The Hall–Kier alpha value is -0.480. The van der Waals surface area contributed by atoms with Crippen molar-refractivity contribution in [3.05, 3.63) is 11.1 Å². The molecule has 1 rings (SSSR count). The van der Waals surface area contributed by atoms with Crippen LogP contribution in [0.4, 0.5) is 0 Å². The quantitative estimate of drug-likeness (QED) is 0.751. The van der Waals surface area contributed by atoms with Gasteiger partial charge < -0.3 is 5.73 Å². The van der Waals surface area contributed by atoms with Gasteiger partial charge in [0.1, 0.15) is 0 Å². The highest BCUT2D eigenvalue weighted by Gasteiger charge is 2.14. The number of rotatable bonds is 3. The topological polar surface area (TPSA) is 51.8 Å². The lowest BCUT2D eigenvalue weighted by atomic mass is 9.98. The van der Waals surface area contributed by atoms with E-state index in [1.807, 2.05) is 5.38 Å². The standard InChI is InChI=1S/C7H13N3S/c1-3-5(2)7(8)6-4-11-10-9-6/h4-5,7H,3,8H2,1-2H3. The second-order valence-electron chi connectivity index (χ2n) is 2.74. The molecule has 11 heavy (non-hydrogen) atoms. The molecule has 0 amide bonds. The van der Waals surface area contributed by atoms with Crippen LogP contribution in [0, 0.1) is 5.92 Å². The molecule has 0 spiro atoms. The third-order valence-corrected chi connectivity index (χ3v) is 2.50. The molecule has 0 saturated heterocycles. The number of hydrogen-bond donors (Lipinski definition) is 1. The van der Waals surface area contributed by atoms with Crippen molar-refractivity contribution >= 4 is 11.5 Å². The number of aromatic nitrogens is 2. The summed E-state index contributed by atoms with van der Waals surface area (Å²) in [5.74, 6) is 0.485. The van der Waals surface area contributed by atoms with E-state index in [1.165, 1.54) is 11.5 Å². The Kier molecular flexibility index (Phi) is 2.96. The summed E-state index contributed by atoms with van der Waals surface area (Å²) in [7, 11) is 0. The summed E-state index contributed by atoms with van der Waals surface area (Å²) in [5, 5.41) is 5.84. The molecule has 3 nitrogen and oxygen atoms in total. The predicted octanol–water partition coefficient (Wildman–Crippen LogP) is 1.58. The van der Waals surface area contributed by atoms with E-state index >= 15 is 0 Å². The first kappa shape index (κ1) is 8.62. The zero-order valence-corrected chi connectivity index (χ0v) is 7.64. The van der Waals surface area contributed by atoms with Gasteiger partial charge in [0.05, 0.1) is 11.7 Å². The van der Waals surface area contributed by atoms with Crippen LogP contribution in [0.3, 0.4) is 0 Å². The third kappa shape index (κ3) is 1.97. The minimum absolute atomic E-state index is 0.0544. The van der Waals surface area contributed by atoms with E-state index in [9.17, 15) is 0 Å². The zero-order valence-electron chi connectivity index (χ0n) is 6.82. The van der Waals surface area contributed by atoms with Gasteiger partial charge >= 0.3 is 0 Å². The molecule has 0 aliphatic carbocycles. The largest absolute Gasteiger partial charge is 0.322 e. The summed E-state index contributed by atoms with van der Waals surface area (Å²) in [6.07, 6.45) is 1.08. The normalized spacial score (nSPS) is 16.3. The number of nitrogens with two attached hydrogens (primary N) is 1. The fourth-order valence-corrected chi connectivity index (χ4v) is 1.36. The smallest absolute Gasteiger partial charge is 0.0925 e. The van der Waals surface area contributed by atoms with Crippen molar-refractivity contribution in [1.82, 2.24) is 9.59 Å². The molecule has 1 aromatic heterocycles. The summed E-state index contributed by atoms with van der Waals surface area (Å²) >= 11 is 1.35. The van der Waals surface area contributed by atoms with Crippen molar-refractivity contribution in [3.63, 3.8) is 0 Å². The first-order chi connectivity index (χ1) is 5.25. The second-order valence-corrected chi connectivity index (χ2v) is 3.35. The molecule has 1 heterocycles. The Balaban J connectivity index is 2.62. The van der Waals surface area contributed by atoms with Crippen molar-refractivity contribution in [3.8, 4) is 0 Å². The molecule has 4 heteroatoms. The van der Waals surface area contributed by atoms with Crippen LogP contribution in [0.2, 0.25) is 0 Å². The summed E-state index contributed by atoms with van der Waals surface area (Å²) in [5.41, 5.74) is 6.82. The highest BCUT2D eigenvalue weighted by atomic mass is 32.1. The van der Waals surface area contributed by atoms with Gasteiger partial charge in [-0.3, -0.25) is 0 Å². The lowest BCUT2D eigenvalue weighted by Gasteiger charge is -2.14. The van der Waals surface area contributed by atoms with Crippen LogP contribution >= 0.6 is 11.5 Å². The maximum atomic E-state index is 5.90. The molecular weight excluding hydrogens is 158 g/mol. The maximum absolute atomic E-state index is 5.90. The molecule has 0 aliphatic rings. The molecule has 0 bridgehead atoms. The Labute approximate surface area is 70.8 Å². The van der Waals surface area contributed by atoms with Crippen molar-refractivity contribution in [1.29, 1.82) is 0 Å². The second kappa shape index (κ2) is 3.78. The molecule has 2 atom stereocenters. The molecule has 62 valence electrons. The molecule has 0 aliphatic heterocycles. The van der Waals surface area contributed by atoms with E-state index in [4.69, 9.17) is 5.73 Å². The fraction of sp³-hybridized carbons (Fsp3) is 0.714. The van der Waals surface area contributed by atoms with Gasteiger partial charge in [0.2, 0.25) is 0 Å². The van der Waals surface area contributed by atoms with Gasteiger partial charge in [-0.15, -0.1) is 5.10 Å². The van der Waals surface area contributed by atoms with Gasteiger partial charge in [-0.05, 0) is 17.5 Å². The highest BCUT2D eigenvalue weighted by Crippen LogP contribution is 2.19. The SMILES string of the molecule is CCC(C)C(N)c1csnn1. The highest BCUT2D eigenvalue weighted by molar-refractivity contribution is 7.03. The molecule has 0 saturated carbocycles. The van der Waals surface area contributed by atoms with Crippen molar-refractivity contribution < 1.29 is 0 Å². The van der Waals surface area contributed by atoms with Gasteiger partial charge in [0, 0.05) is 5.38 Å². The summed E-state index contributed by atoms with van der Waals surface area (Å²) < 4.78 is 3.77. The van der Waals surface area contributed by atoms with E-state index in [0.29, 0.717) is 5.92 Å². The molecular formula is C7H13N3S. The zero-order chi connectivity index (χ0) is 8.27. The van der Waals surface area contributed by atoms with Gasteiger partial charge in [-0.2, -0.15) is 0 Å². The minimum Gasteiger partial charge on any atom is -0.322 e. The summed E-state index contributed by atoms with van der Waals surface area (Å²) in [6, 6.07) is 0.0544. The molecule has 0 fully saturated rings. The van der Waals surface area contributed by atoms with Crippen molar-refractivity contribution in [2.45, 2.75) is 26.3 Å². The fourth-order valence-electron chi connectivity index (χ4n) is 0.863. The summed E-state index contributed by atoms with van der Waals surface area (Å²) in [4.78, 5) is 0. The van der Waals surface area contributed by atoms with Crippen LogP contribution < -0.4 is 5.73 Å². The average Bonchev–Trinajstić information content (AvgIpc) is 2.53. The van der Waals surface area contributed by atoms with Gasteiger partial charge in [0.25, 0.3) is 0 Å². The van der Waals surface area contributed by atoms with Gasteiger partial charge in [-0.25, -0.2) is 0 Å². The predicted molar refractivity (Wildman–Crippen MR) is 46.3 cm³/mol. The first-order valence-electron chi connectivity index (χ1n) is 3.78. The third-order valence-electron chi connectivity index (χ3n) is 1.98. The van der Waals surface area contributed by atoms with Crippen LogP contribution in [0.25, 0.3) is 0 Å². The Morgan fingerprint density at radius 1 is 1.73 bits per heavy atom. The van der Waals surface area contributed by atoms with E-state index in [1.54, 1.807) is 0 Å². The number of nitrogens with zero attached hydrogens (tertiary/aromatic N) is 2. The van der Waals surface area contributed by atoms with E-state index in [-0.39, 0.29) is 6.04 Å². The summed E-state index contributed by atoms with van der Waals surface area (Å²) in [6.45, 7) is 4.26. The first-order valence-corrected chi connectivity index (χ1v) is 4.62. The molecule has 0 radical (unpaired) electrons. The van der Waals surface area contributed by atoms with E-state index in [0.717, 1.165) is 12.1 Å². The Morgan fingerprint density at radius 2 is 2.45 bits per heavy atom. The van der Waals surface area contributed by atoms with Crippen molar-refractivity contribution in [2.24, 2.45) is 11.7 Å². The molecule has 2 unspecified atom stereocenters. The van der Waals surface area contributed by atoms with Crippen molar-refractivity contribution in [2.75, 3.05) is 0 Å². The van der Waals surface area contributed by atoms with Gasteiger partial charge in [-0.1, -0.05) is 24.8 Å². The molecule has 1 aromatic rings. The molecule has 0 aromatic carbocycles. The van der Waals surface area contributed by atoms with Gasteiger partial charge in [0.15, 0.2) is 0 Å². The lowest BCUT2D eigenvalue weighted by Crippen LogP contribution is -2.18. The average molecular weight is 171 g/mol. The monoisotopic (exact) mass is 171 g/mol. The van der Waals surface area contributed by atoms with Crippen LogP contribution in [-0.2, 0) is 0 Å². The lowest BCUT2D eigenvalue weighted by molar-refractivity contribution is 0.448. The Morgan fingerprint density at radius 3 is 2.91 bits per heavy atom. The maximum Gasteiger partial charge on any atom is 0.0925 e. The molecule has 2 N–H and O–H groups in total. The number of hydrogen-bond acceptors (Lipinski definition) is 4. The van der Waals surface area contributed by atoms with Crippen LogP contribution in [0.15, 0.2) is 5.38 Å². The van der Waals surface area contributed by atoms with Crippen LogP contribution in [0.1, 0.15) is 32.0 Å². The van der Waals surface area contributed by atoms with E-state index in [2.05, 4.69) is 23.4 Å². The van der Waals surface area contributed by atoms with E-state index < -0.39 is 0 Å². The minimum atomic E-state index is 0.0544.